The first-order valence-corrected chi connectivity index (χ1v) is 7.23. The Morgan fingerprint density at radius 3 is 2.55 bits per heavy atom. The predicted octanol–water partition coefficient (Wildman–Crippen LogP) is 3.13. The minimum Gasteiger partial charge on any atom is -0.460 e. The number of hydrogen-bond acceptors (Lipinski definition) is 3. The lowest BCUT2D eigenvalue weighted by molar-refractivity contribution is -0.165. The van der Waals surface area contributed by atoms with Crippen molar-refractivity contribution in [3.05, 3.63) is 35.9 Å². The minimum atomic E-state index is -0.896. The van der Waals surface area contributed by atoms with E-state index >= 15 is 0 Å². The van der Waals surface area contributed by atoms with Crippen molar-refractivity contribution in [1.82, 2.24) is 0 Å². The van der Waals surface area contributed by atoms with Gasteiger partial charge in [-0.15, -0.1) is 0 Å². The summed E-state index contributed by atoms with van der Waals surface area (Å²) in [6.45, 7) is 4.33. The van der Waals surface area contributed by atoms with Gasteiger partial charge in [-0.05, 0) is 29.7 Å². The molecule has 0 aliphatic heterocycles. The maximum absolute atomic E-state index is 12.6. The second-order valence-electron chi connectivity index (χ2n) is 6.55. The zero-order valence-electron chi connectivity index (χ0n) is 12.0. The third-order valence-electron chi connectivity index (χ3n) is 5.46. The van der Waals surface area contributed by atoms with Gasteiger partial charge in [0.2, 0.25) is 0 Å². The fraction of sp³-hybridized carbons (Fsp3) is 0.529. The van der Waals surface area contributed by atoms with Gasteiger partial charge in [0.1, 0.15) is 12.0 Å². The first kappa shape index (κ1) is 13.3. The molecule has 2 aliphatic rings. The van der Waals surface area contributed by atoms with E-state index in [1.807, 2.05) is 44.2 Å². The van der Waals surface area contributed by atoms with Crippen LogP contribution in [0, 0.1) is 16.7 Å². The Morgan fingerprint density at radius 1 is 1.30 bits per heavy atom. The molecule has 2 fully saturated rings. The van der Waals surface area contributed by atoms with Gasteiger partial charge in [-0.25, -0.2) is 0 Å². The van der Waals surface area contributed by atoms with Crippen molar-refractivity contribution < 1.29 is 14.3 Å². The van der Waals surface area contributed by atoms with Gasteiger partial charge in [0.15, 0.2) is 5.78 Å². The molecule has 0 aromatic heterocycles. The number of hydrogen-bond donors (Lipinski definition) is 0. The van der Waals surface area contributed by atoms with Gasteiger partial charge in [0, 0.05) is 6.42 Å². The van der Waals surface area contributed by atoms with Gasteiger partial charge in [-0.3, -0.25) is 9.59 Å². The van der Waals surface area contributed by atoms with Crippen molar-refractivity contribution in [2.75, 3.05) is 0 Å². The van der Waals surface area contributed by atoms with Crippen molar-refractivity contribution in [2.24, 2.45) is 16.7 Å². The quantitative estimate of drug-likeness (QED) is 0.627. The molecular weight excluding hydrogens is 252 g/mol. The van der Waals surface area contributed by atoms with Crippen molar-refractivity contribution >= 4 is 11.8 Å². The Hall–Kier alpha value is -1.64. The highest BCUT2D eigenvalue weighted by atomic mass is 16.5. The molecule has 3 heteroatoms. The minimum absolute atomic E-state index is 0.0804. The summed E-state index contributed by atoms with van der Waals surface area (Å²) in [6.07, 6.45) is 2.14. The zero-order valence-corrected chi connectivity index (χ0v) is 12.0. The molecule has 20 heavy (non-hydrogen) atoms. The van der Waals surface area contributed by atoms with E-state index in [0.29, 0.717) is 18.8 Å². The summed E-state index contributed by atoms with van der Waals surface area (Å²) < 4.78 is 5.48. The third-order valence-corrected chi connectivity index (χ3v) is 5.46. The van der Waals surface area contributed by atoms with E-state index in [2.05, 4.69) is 0 Å². The molecule has 0 heterocycles. The van der Waals surface area contributed by atoms with Crippen LogP contribution in [0.25, 0.3) is 0 Å². The molecule has 3 nitrogen and oxygen atoms in total. The summed E-state index contributed by atoms with van der Waals surface area (Å²) in [7, 11) is 0. The van der Waals surface area contributed by atoms with Gasteiger partial charge in [-0.2, -0.15) is 0 Å². The molecule has 2 saturated carbocycles. The number of ether oxygens (including phenoxy) is 1. The molecule has 0 unspecified atom stereocenters. The van der Waals surface area contributed by atoms with Crippen molar-refractivity contribution in [2.45, 2.75) is 39.7 Å². The van der Waals surface area contributed by atoms with E-state index in [1.165, 1.54) is 0 Å². The van der Waals surface area contributed by atoms with Crippen molar-refractivity contribution in [3.63, 3.8) is 0 Å². The molecule has 2 bridgehead atoms. The van der Waals surface area contributed by atoms with Crippen LogP contribution in [0.4, 0.5) is 0 Å². The molecule has 2 atom stereocenters. The van der Waals surface area contributed by atoms with Gasteiger partial charge in [-0.1, -0.05) is 44.2 Å². The highest BCUT2D eigenvalue weighted by molar-refractivity contribution is 6.07. The molecule has 0 radical (unpaired) electrons. The summed E-state index contributed by atoms with van der Waals surface area (Å²) in [5, 5.41) is 0. The zero-order chi connectivity index (χ0) is 14.4. The molecule has 106 valence electrons. The number of rotatable bonds is 3. The number of fused-ring (bicyclic) bond motifs is 2. The first-order chi connectivity index (χ1) is 9.48. The number of ketones is 1. The molecule has 0 amide bonds. The Bertz CT molecular complexity index is 547. The molecular formula is C17H20O3. The van der Waals surface area contributed by atoms with Crippen LogP contribution in [0.3, 0.4) is 0 Å². The summed E-state index contributed by atoms with van der Waals surface area (Å²) in [5.74, 6) is 0.0902. The molecule has 2 aliphatic carbocycles. The van der Waals surface area contributed by atoms with Crippen LogP contribution in [0.1, 0.15) is 38.7 Å². The summed E-state index contributed by atoms with van der Waals surface area (Å²) >= 11 is 0. The van der Waals surface area contributed by atoms with Gasteiger partial charge < -0.3 is 4.74 Å². The highest BCUT2D eigenvalue weighted by Crippen LogP contribution is 2.64. The van der Waals surface area contributed by atoms with E-state index in [0.717, 1.165) is 12.0 Å². The van der Waals surface area contributed by atoms with E-state index in [1.54, 1.807) is 0 Å². The Kier molecular flexibility index (Phi) is 2.96. The number of carbonyl (C=O) groups excluding carboxylic acids is 2. The topological polar surface area (TPSA) is 43.4 Å². The predicted molar refractivity (Wildman–Crippen MR) is 74.8 cm³/mol. The average Bonchev–Trinajstić information content (AvgIpc) is 2.81. The van der Waals surface area contributed by atoms with Crippen LogP contribution in [0.2, 0.25) is 0 Å². The van der Waals surface area contributed by atoms with Crippen LogP contribution < -0.4 is 0 Å². The molecule has 0 saturated heterocycles. The normalized spacial score (nSPS) is 30.5. The van der Waals surface area contributed by atoms with Gasteiger partial charge in [0.05, 0.1) is 0 Å². The number of esters is 1. The third kappa shape index (κ3) is 1.65. The highest BCUT2D eigenvalue weighted by Gasteiger charge is 2.69. The van der Waals surface area contributed by atoms with Gasteiger partial charge >= 0.3 is 5.97 Å². The lowest BCUT2D eigenvalue weighted by Crippen LogP contribution is -2.44. The van der Waals surface area contributed by atoms with Crippen LogP contribution >= 0.6 is 0 Å². The maximum atomic E-state index is 12.6. The van der Waals surface area contributed by atoms with E-state index < -0.39 is 5.41 Å². The van der Waals surface area contributed by atoms with Crippen LogP contribution in [-0.2, 0) is 20.9 Å². The Balaban J connectivity index is 1.78. The SMILES string of the molecule is CC1(C)[C@@H]2CC[C@@]1(C(=O)OCc1ccccc1)C(=O)C2. The molecule has 0 N–H and O–H groups in total. The molecule has 3 rings (SSSR count). The van der Waals surface area contributed by atoms with E-state index in [-0.39, 0.29) is 23.8 Å². The standard InChI is InChI=1S/C17H20O3/c1-16(2)13-8-9-17(16,14(18)10-13)15(19)20-11-12-6-4-3-5-7-12/h3-7,13H,8-11H2,1-2H3/t13-,17+/m1/s1. The fourth-order valence-electron chi connectivity index (χ4n) is 4.00. The maximum Gasteiger partial charge on any atom is 0.320 e. The van der Waals surface area contributed by atoms with E-state index in [9.17, 15) is 9.59 Å². The first-order valence-electron chi connectivity index (χ1n) is 7.23. The lowest BCUT2D eigenvalue weighted by Gasteiger charge is -2.33. The largest absolute Gasteiger partial charge is 0.460 e. The smallest absolute Gasteiger partial charge is 0.320 e. The second kappa shape index (κ2) is 4.44. The average molecular weight is 272 g/mol. The number of carbonyl (C=O) groups is 2. The Morgan fingerprint density at radius 2 is 2.00 bits per heavy atom. The molecule has 0 spiro atoms. The van der Waals surface area contributed by atoms with Crippen LogP contribution in [-0.4, -0.2) is 11.8 Å². The summed E-state index contributed by atoms with van der Waals surface area (Å²) in [4.78, 5) is 24.9. The van der Waals surface area contributed by atoms with Crippen LogP contribution in [0.5, 0.6) is 0 Å². The Labute approximate surface area is 119 Å². The van der Waals surface area contributed by atoms with E-state index in [4.69, 9.17) is 4.74 Å². The van der Waals surface area contributed by atoms with Crippen molar-refractivity contribution in [3.8, 4) is 0 Å². The number of benzene rings is 1. The lowest BCUT2D eigenvalue weighted by atomic mass is 9.69. The molecule has 1 aromatic rings. The van der Waals surface area contributed by atoms with Crippen molar-refractivity contribution in [1.29, 1.82) is 0 Å². The summed E-state index contributed by atoms with van der Waals surface area (Å²) in [6, 6.07) is 9.60. The molecule has 1 aromatic carbocycles. The summed E-state index contributed by atoms with van der Waals surface area (Å²) in [5.41, 5.74) is -0.209. The van der Waals surface area contributed by atoms with Gasteiger partial charge in [0.25, 0.3) is 0 Å². The van der Waals surface area contributed by atoms with Crippen LogP contribution in [0.15, 0.2) is 30.3 Å². The monoisotopic (exact) mass is 272 g/mol. The second-order valence-corrected chi connectivity index (χ2v) is 6.55. The fourth-order valence-corrected chi connectivity index (χ4v) is 4.00. The number of Topliss-reactive ketones (excluding diaryl/α,β-unsaturated/α-hetero) is 1.